The molecule has 0 unspecified atom stereocenters. The molecular weight excluding hydrogens is 326 g/mol. The molecule has 2 aromatic heterocycles. The maximum Gasteiger partial charge on any atom is 0.271 e. The van der Waals surface area contributed by atoms with Crippen LogP contribution in [0.4, 0.5) is 0 Å². The van der Waals surface area contributed by atoms with Crippen LogP contribution in [-0.2, 0) is 13.1 Å². The molecule has 26 heavy (non-hydrogen) atoms. The molecule has 128 valence electrons. The molecule has 1 N–H and O–H groups in total. The highest BCUT2D eigenvalue weighted by molar-refractivity contribution is 5.93. The molecule has 0 fully saturated rings. The molecule has 4 aromatic rings. The fourth-order valence-corrected chi connectivity index (χ4v) is 2.69. The summed E-state index contributed by atoms with van der Waals surface area (Å²) in [7, 11) is 0. The number of benzene rings is 2. The fraction of sp³-hybridized carbons (Fsp3) is 0.100. The monoisotopic (exact) mass is 343 g/mol. The summed E-state index contributed by atoms with van der Waals surface area (Å²) >= 11 is 0. The van der Waals surface area contributed by atoms with Crippen LogP contribution in [0.2, 0.25) is 0 Å². The van der Waals surface area contributed by atoms with Crippen molar-refractivity contribution in [1.82, 2.24) is 24.8 Å². The number of carbonyl (C=O) groups is 1. The van der Waals surface area contributed by atoms with Gasteiger partial charge in [0.15, 0.2) is 0 Å². The zero-order valence-corrected chi connectivity index (χ0v) is 14.0. The second kappa shape index (κ2) is 7.14. The van der Waals surface area contributed by atoms with E-state index in [1.165, 1.54) is 11.8 Å². The summed E-state index contributed by atoms with van der Waals surface area (Å²) < 4.78 is 2.01. The zero-order valence-electron chi connectivity index (χ0n) is 14.0. The highest BCUT2D eigenvalue weighted by Crippen LogP contribution is 2.09. The molecular formula is C20H17N5O. The minimum atomic E-state index is -0.231. The van der Waals surface area contributed by atoms with Crippen LogP contribution >= 0.6 is 0 Å². The van der Waals surface area contributed by atoms with Crippen LogP contribution in [0.15, 0.2) is 73.4 Å². The fourth-order valence-electron chi connectivity index (χ4n) is 2.69. The largest absolute Gasteiger partial charge is 0.347 e. The van der Waals surface area contributed by atoms with Crippen molar-refractivity contribution in [2.24, 2.45) is 0 Å². The highest BCUT2D eigenvalue weighted by atomic mass is 16.1. The molecule has 2 aromatic carbocycles. The first-order valence-corrected chi connectivity index (χ1v) is 8.31. The second-order valence-corrected chi connectivity index (χ2v) is 5.98. The number of nitrogens with one attached hydrogen (secondary N) is 1. The summed E-state index contributed by atoms with van der Waals surface area (Å²) in [5, 5.41) is 2.89. The third kappa shape index (κ3) is 3.59. The van der Waals surface area contributed by atoms with E-state index in [2.05, 4.69) is 32.4 Å². The van der Waals surface area contributed by atoms with E-state index >= 15 is 0 Å². The SMILES string of the molecule is O=C(NCc1ccc(Cn2ccnc2)cc1)c1cnc2ccccc2n1. The normalized spacial score (nSPS) is 10.8. The molecule has 2 heterocycles. The van der Waals surface area contributed by atoms with Crippen LogP contribution < -0.4 is 5.32 Å². The van der Waals surface area contributed by atoms with E-state index in [0.717, 1.165) is 17.6 Å². The number of rotatable bonds is 5. The predicted octanol–water partition coefficient (Wildman–Crippen LogP) is 2.80. The van der Waals surface area contributed by atoms with Crippen molar-refractivity contribution < 1.29 is 4.79 Å². The molecule has 0 aliphatic rings. The molecule has 4 rings (SSSR count). The zero-order chi connectivity index (χ0) is 17.8. The standard InChI is InChI=1S/C20H17N5O/c26-20(19-12-22-17-3-1-2-4-18(17)24-19)23-11-15-5-7-16(8-6-15)13-25-10-9-21-14-25/h1-10,12,14H,11,13H2,(H,23,26). The molecule has 0 saturated carbocycles. The summed E-state index contributed by atoms with van der Waals surface area (Å²) in [6.07, 6.45) is 6.99. The second-order valence-electron chi connectivity index (χ2n) is 5.98. The number of imidazole rings is 1. The first kappa shape index (κ1) is 16.0. The molecule has 0 bridgehead atoms. The summed E-state index contributed by atoms with van der Waals surface area (Å²) in [5.41, 5.74) is 4.02. The van der Waals surface area contributed by atoms with Gasteiger partial charge in [0, 0.05) is 25.5 Å². The Hall–Kier alpha value is -3.54. The average molecular weight is 343 g/mol. The number of para-hydroxylation sites is 2. The summed E-state index contributed by atoms with van der Waals surface area (Å²) in [6.45, 7) is 1.22. The molecule has 0 radical (unpaired) electrons. The maximum atomic E-state index is 12.3. The quantitative estimate of drug-likeness (QED) is 0.605. The van der Waals surface area contributed by atoms with Crippen LogP contribution in [-0.4, -0.2) is 25.4 Å². The van der Waals surface area contributed by atoms with Crippen molar-refractivity contribution in [3.63, 3.8) is 0 Å². The van der Waals surface area contributed by atoms with Crippen LogP contribution in [0.1, 0.15) is 21.6 Å². The molecule has 6 nitrogen and oxygen atoms in total. The number of amides is 1. The Morgan fingerprint density at radius 3 is 2.54 bits per heavy atom. The van der Waals surface area contributed by atoms with E-state index in [4.69, 9.17) is 0 Å². The lowest BCUT2D eigenvalue weighted by Crippen LogP contribution is -2.24. The number of hydrogen-bond donors (Lipinski definition) is 1. The molecule has 0 atom stereocenters. The topological polar surface area (TPSA) is 72.7 Å². The third-order valence-electron chi connectivity index (χ3n) is 4.08. The van der Waals surface area contributed by atoms with Crippen molar-refractivity contribution in [2.45, 2.75) is 13.1 Å². The van der Waals surface area contributed by atoms with Gasteiger partial charge in [0.2, 0.25) is 0 Å². The maximum absolute atomic E-state index is 12.3. The van der Waals surface area contributed by atoms with E-state index in [1.54, 1.807) is 12.5 Å². The van der Waals surface area contributed by atoms with Crippen molar-refractivity contribution in [1.29, 1.82) is 0 Å². The Kier molecular flexibility index (Phi) is 4.38. The van der Waals surface area contributed by atoms with Gasteiger partial charge in [-0.25, -0.2) is 9.97 Å². The Balaban J connectivity index is 1.38. The van der Waals surface area contributed by atoms with Crippen LogP contribution in [0.25, 0.3) is 11.0 Å². The van der Waals surface area contributed by atoms with E-state index in [9.17, 15) is 4.79 Å². The number of carbonyl (C=O) groups excluding carboxylic acids is 1. The van der Waals surface area contributed by atoms with E-state index in [1.807, 2.05) is 47.2 Å². The minimum absolute atomic E-state index is 0.231. The van der Waals surface area contributed by atoms with E-state index < -0.39 is 0 Å². The first-order chi connectivity index (χ1) is 12.8. The lowest BCUT2D eigenvalue weighted by Gasteiger charge is -2.07. The minimum Gasteiger partial charge on any atom is -0.347 e. The van der Waals surface area contributed by atoms with Gasteiger partial charge in [-0.05, 0) is 23.3 Å². The summed E-state index contributed by atoms with van der Waals surface area (Å²) in [5.74, 6) is -0.231. The Morgan fingerprint density at radius 1 is 1.00 bits per heavy atom. The smallest absolute Gasteiger partial charge is 0.271 e. The van der Waals surface area contributed by atoms with Gasteiger partial charge in [-0.3, -0.25) is 9.78 Å². The molecule has 1 amide bonds. The van der Waals surface area contributed by atoms with E-state index in [-0.39, 0.29) is 5.91 Å². The van der Waals surface area contributed by atoms with Gasteiger partial charge in [0.1, 0.15) is 5.69 Å². The summed E-state index contributed by atoms with van der Waals surface area (Å²) in [6, 6.07) is 15.6. The lowest BCUT2D eigenvalue weighted by molar-refractivity contribution is 0.0946. The van der Waals surface area contributed by atoms with Gasteiger partial charge in [0.05, 0.1) is 23.6 Å². The lowest BCUT2D eigenvalue weighted by atomic mass is 10.1. The Labute approximate surface area is 150 Å². The van der Waals surface area contributed by atoms with Crippen molar-refractivity contribution in [3.8, 4) is 0 Å². The average Bonchev–Trinajstić information content (AvgIpc) is 3.20. The van der Waals surface area contributed by atoms with Gasteiger partial charge in [-0.1, -0.05) is 36.4 Å². The third-order valence-corrected chi connectivity index (χ3v) is 4.08. The molecule has 0 saturated heterocycles. The first-order valence-electron chi connectivity index (χ1n) is 8.31. The van der Waals surface area contributed by atoms with Gasteiger partial charge in [-0.15, -0.1) is 0 Å². The molecule has 0 aliphatic heterocycles. The molecule has 0 aliphatic carbocycles. The van der Waals surface area contributed by atoms with Crippen LogP contribution in [0, 0.1) is 0 Å². The number of fused-ring (bicyclic) bond motifs is 1. The Morgan fingerprint density at radius 2 is 1.77 bits per heavy atom. The molecule has 0 spiro atoms. The Bertz CT molecular complexity index is 1030. The van der Waals surface area contributed by atoms with E-state index in [0.29, 0.717) is 17.8 Å². The van der Waals surface area contributed by atoms with Crippen molar-refractivity contribution in [3.05, 3.63) is 90.3 Å². The predicted molar refractivity (Wildman–Crippen MR) is 98.5 cm³/mol. The number of aromatic nitrogens is 4. The molecule has 6 heteroatoms. The van der Waals surface area contributed by atoms with Crippen LogP contribution in [0.5, 0.6) is 0 Å². The van der Waals surface area contributed by atoms with Gasteiger partial charge < -0.3 is 9.88 Å². The number of nitrogens with zero attached hydrogens (tertiary/aromatic N) is 4. The van der Waals surface area contributed by atoms with Crippen molar-refractivity contribution >= 4 is 16.9 Å². The summed E-state index contributed by atoms with van der Waals surface area (Å²) in [4.78, 5) is 25.0. The van der Waals surface area contributed by atoms with Gasteiger partial charge in [0.25, 0.3) is 5.91 Å². The van der Waals surface area contributed by atoms with Gasteiger partial charge >= 0.3 is 0 Å². The highest BCUT2D eigenvalue weighted by Gasteiger charge is 2.08. The number of hydrogen-bond acceptors (Lipinski definition) is 4. The van der Waals surface area contributed by atoms with Gasteiger partial charge in [-0.2, -0.15) is 0 Å². The van der Waals surface area contributed by atoms with Crippen LogP contribution in [0.3, 0.4) is 0 Å². The van der Waals surface area contributed by atoms with Crippen molar-refractivity contribution in [2.75, 3.05) is 0 Å².